The van der Waals surface area contributed by atoms with Crippen molar-refractivity contribution in [1.82, 2.24) is 9.88 Å². The summed E-state index contributed by atoms with van der Waals surface area (Å²) in [5.74, 6) is 0.574. The second-order valence-corrected chi connectivity index (χ2v) is 5.27. The largest absolute Gasteiger partial charge is 0.417 e. The summed E-state index contributed by atoms with van der Waals surface area (Å²) in [5, 5.41) is 0. The minimum Gasteiger partial charge on any atom is -0.373 e. The number of halogens is 3. The van der Waals surface area contributed by atoms with E-state index in [1.165, 1.54) is 6.07 Å². The highest BCUT2D eigenvalue weighted by molar-refractivity contribution is 5.42. The quantitative estimate of drug-likeness (QED) is 0.785. The summed E-state index contributed by atoms with van der Waals surface area (Å²) in [6, 6.07) is 2.79. The van der Waals surface area contributed by atoms with Gasteiger partial charge in [-0.1, -0.05) is 0 Å². The number of anilines is 1. The van der Waals surface area contributed by atoms with E-state index in [-0.39, 0.29) is 12.1 Å². The number of aromatic nitrogens is 1. The van der Waals surface area contributed by atoms with Crippen molar-refractivity contribution in [3.8, 4) is 0 Å². The predicted molar refractivity (Wildman–Crippen MR) is 67.6 cm³/mol. The van der Waals surface area contributed by atoms with Crippen LogP contribution >= 0.6 is 0 Å². The highest BCUT2D eigenvalue weighted by Crippen LogP contribution is 2.30. The molecule has 1 aromatic heterocycles. The van der Waals surface area contributed by atoms with Crippen molar-refractivity contribution in [2.24, 2.45) is 0 Å². The smallest absolute Gasteiger partial charge is 0.373 e. The third kappa shape index (κ3) is 2.47. The molecule has 110 valence electrons. The normalized spacial score (nSPS) is 27.7. The maximum Gasteiger partial charge on any atom is 0.417 e. The summed E-state index contributed by atoms with van der Waals surface area (Å²) in [6.45, 7) is 2.99. The zero-order valence-electron chi connectivity index (χ0n) is 11.1. The molecule has 0 saturated carbocycles. The van der Waals surface area contributed by atoms with E-state index in [9.17, 15) is 13.2 Å². The van der Waals surface area contributed by atoms with Crippen LogP contribution in [0.15, 0.2) is 18.3 Å². The van der Waals surface area contributed by atoms with Gasteiger partial charge in [0.2, 0.25) is 0 Å². The van der Waals surface area contributed by atoms with E-state index >= 15 is 0 Å². The Morgan fingerprint density at radius 1 is 1.30 bits per heavy atom. The van der Waals surface area contributed by atoms with Crippen molar-refractivity contribution in [3.63, 3.8) is 0 Å². The van der Waals surface area contributed by atoms with Gasteiger partial charge in [0.05, 0.1) is 24.3 Å². The molecule has 2 fully saturated rings. The molecule has 0 radical (unpaired) electrons. The number of pyridine rings is 1. The lowest BCUT2D eigenvalue weighted by Crippen LogP contribution is -2.48. The topological polar surface area (TPSA) is 28.6 Å². The molecule has 2 saturated heterocycles. The average molecular weight is 287 g/mol. The Hall–Kier alpha value is -1.34. The maximum atomic E-state index is 12.5. The molecule has 0 amide bonds. The number of hydrogen-bond donors (Lipinski definition) is 0. The van der Waals surface area contributed by atoms with E-state index in [1.807, 2.05) is 11.9 Å². The van der Waals surface area contributed by atoms with Gasteiger partial charge in [0.1, 0.15) is 5.82 Å². The molecule has 0 spiro atoms. The number of fused-ring (bicyclic) bond motifs is 1. The minimum atomic E-state index is -4.34. The van der Waals surface area contributed by atoms with E-state index in [0.29, 0.717) is 19.0 Å². The van der Waals surface area contributed by atoms with Crippen LogP contribution in [0.25, 0.3) is 0 Å². The van der Waals surface area contributed by atoms with Gasteiger partial charge in [-0.3, -0.25) is 4.90 Å². The van der Waals surface area contributed by atoms with Crippen LogP contribution in [-0.2, 0) is 10.9 Å². The molecule has 0 aliphatic carbocycles. The first kappa shape index (κ1) is 13.6. The van der Waals surface area contributed by atoms with Gasteiger partial charge < -0.3 is 9.64 Å². The van der Waals surface area contributed by atoms with Gasteiger partial charge in [-0.05, 0) is 19.2 Å². The van der Waals surface area contributed by atoms with Gasteiger partial charge >= 0.3 is 6.18 Å². The first-order valence-corrected chi connectivity index (χ1v) is 6.55. The first-order valence-electron chi connectivity index (χ1n) is 6.55. The van der Waals surface area contributed by atoms with E-state index < -0.39 is 11.7 Å². The third-order valence-corrected chi connectivity index (χ3v) is 3.98. The lowest BCUT2D eigenvalue weighted by atomic mass is 10.1. The second kappa shape index (κ2) is 4.89. The Morgan fingerprint density at radius 3 is 2.70 bits per heavy atom. The second-order valence-electron chi connectivity index (χ2n) is 5.27. The molecule has 2 unspecified atom stereocenters. The molecule has 2 aliphatic heterocycles. The monoisotopic (exact) mass is 287 g/mol. The molecular formula is C13H16F3N3O. The van der Waals surface area contributed by atoms with Crippen molar-refractivity contribution in [3.05, 3.63) is 23.9 Å². The zero-order chi connectivity index (χ0) is 14.3. The molecule has 2 aliphatic rings. The fourth-order valence-corrected chi connectivity index (χ4v) is 2.79. The fourth-order valence-electron chi connectivity index (χ4n) is 2.79. The summed E-state index contributed by atoms with van der Waals surface area (Å²) in [4.78, 5) is 8.16. The maximum absolute atomic E-state index is 12.5. The molecule has 7 heteroatoms. The Bertz CT molecular complexity index is 477. The Balaban J connectivity index is 1.74. The van der Waals surface area contributed by atoms with Gasteiger partial charge in [0, 0.05) is 25.8 Å². The predicted octanol–water partition coefficient (Wildman–Crippen LogP) is 1.62. The number of morpholine rings is 1. The zero-order valence-corrected chi connectivity index (χ0v) is 11.1. The first-order chi connectivity index (χ1) is 9.45. The van der Waals surface area contributed by atoms with Crippen LogP contribution in [0, 0.1) is 0 Å². The molecule has 0 N–H and O–H groups in total. The summed E-state index contributed by atoms with van der Waals surface area (Å²) >= 11 is 0. The minimum absolute atomic E-state index is 0.109. The summed E-state index contributed by atoms with van der Waals surface area (Å²) in [5.41, 5.74) is -0.716. The lowest BCUT2D eigenvalue weighted by molar-refractivity contribution is -0.137. The molecular weight excluding hydrogens is 271 g/mol. The average Bonchev–Trinajstić information content (AvgIpc) is 2.83. The van der Waals surface area contributed by atoms with Gasteiger partial charge in [-0.15, -0.1) is 0 Å². The van der Waals surface area contributed by atoms with Crippen LogP contribution in [0.2, 0.25) is 0 Å². The van der Waals surface area contributed by atoms with Crippen molar-refractivity contribution in [1.29, 1.82) is 0 Å². The molecule has 0 bridgehead atoms. The van der Waals surface area contributed by atoms with Crippen LogP contribution in [0.5, 0.6) is 0 Å². The van der Waals surface area contributed by atoms with Crippen LogP contribution in [0.3, 0.4) is 0 Å². The number of nitrogens with zero attached hydrogens (tertiary/aromatic N) is 3. The van der Waals surface area contributed by atoms with Gasteiger partial charge in [-0.2, -0.15) is 13.2 Å². The van der Waals surface area contributed by atoms with Gasteiger partial charge in [0.15, 0.2) is 0 Å². The summed E-state index contributed by atoms with van der Waals surface area (Å²) in [7, 11) is 2.05. The molecule has 2 atom stereocenters. The van der Waals surface area contributed by atoms with Crippen molar-refractivity contribution in [2.75, 3.05) is 38.2 Å². The van der Waals surface area contributed by atoms with Crippen molar-refractivity contribution < 1.29 is 17.9 Å². The number of likely N-dealkylation sites (N-methyl/N-ethyl adjacent to an activating group) is 1. The Labute approximate surface area is 115 Å². The molecule has 4 nitrogen and oxygen atoms in total. The number of hydrogen-bond acceptors (Lipinski definition) is 4. The van der Waals surface area contributed by atoms with Crippen LogP contribution < -0.4 is 4.90 Å². The molecule has 3 rings (SSSR count). The standard InChI is InChI=1S/C13H16F3N3O/c1-18-4-5-20-11-8-19(7-10(11)18)12-3-2-9(6-17-12)13(14,15)16/h2-3,6,10-11H,4-5,7-8H2,1H3. The number of alkyl halides is 3. The fraction of sp³-hybridized carbons (Fsp3) is 0.615. The summed E-state index contributed by atoms with van der Waals surface area (Å²) in [6.07, 6.45) is -3.34. The SMILES string of the molecule is CN1CCOC2CN(c3ccc(C(F)(F)F)cn3)CC21. The Morgan fingerprint density at radius 2 is 2.10 bits per heavy atom. The molecule has 1 aromatic rings. The highest BCUT2D eigenvalue weighted by Gasteiger charge is 2.39. The van der Waals surface area contributed by atoms with Gasteiger partial charge in [-0.25, -0.2) is 4.98 Å². The highest BCUT2D eigenvalue weighted by atomic mass is 19.4. The Kier molecular flexibility index (Phi) is 3.33. The number of ether oxygens (including phenoxy) is 1. The van der Waals surface area contributed by atoms with E-state index in [2.05, 4.69) is 9.88 Å². The molecule has 3 heterocycles. The van der Waals surface area contributed by atoms with Gasteiger partial charge in [0.25, 0.3) is 0 Å². The molecule has 20 heavy (non-hydrogen) atoms. The van der Waals surface area contributed by atoms with E-state index in [4.69, 9.17) is 4.74 Å². The van der Waals surface area contributed by atoms with Crippen molar-refractivity contribution >= 4 is 5.82 Å². The van der Waals surface area contributed by atoms with Crippen molar-refractivity contribution in [2.45, 2.75) is 18.3 Å². The van der Waals surface area contributed by atoms with Crippen LogP contribution in [-0.4, -0.2) is 55.3 Å². The number of rotatable bonds is 1. The van der Waals surface area contributed by atoms with E-state index in [0.717, 1.165) is 25.4 Å². The third-order valence-electron chi connectivity index (χ3n) is 3.98. The summed E-state index contributed by atoms with van der Waals surface area (Å²) < 4.78 is 43.2. The molecule has 0 aromatic carbocycles. The lowest BCUT2D eigenvalue weighted by Gasteiger charge is -2.33. The van der Waals surface area contributed by atoms with Crippen LogP contribution in [0.1, 0.15) is 5.56 Å². The van der Waals surface area contributed by atoms with E-state index in [1.54, 1.807) is 0 Å². The van der Waals surface area contributed by atoms with Crippen LogP contribution in [0.4, 0.5) is 19.0 Å².